The molecule has 0 heterocycles. The predicted molar refractivity (Wildman–Crippen MR) is 54.5 cm³/mol. The van der Waals surface area contributed by atoms with Gasteiger partial charge in [0.1, 0.15) is 6.29 Å². The Balaban J connectivity index is 3.38. The molecule has 1 N–H and O–H groups in total. The molecule has 0 saturated heterocycles. The predicted octanol–water partition coefficient (Wildman–Crippen LogP) is 2.40. The Bertz CT molecular complexity index is 132. The SMILES string of the molecule is CC(C)C(C)CCCC(O)CC=O. The second-order valence-corrected chi connectivity index (χ2v) is 4.21. The van der Waals surface area contributed by atoms with Crippen molar-refractivity contribution in [2.45, 2.75) is 52.6 Å². The number of aliphatic hydroxyl groups is 1. The third-order valence-electron chi connectivity index (χ3n) is 2.70. The summed E-state index contributed by atoms with van der Waals surface area (Å²) in [6, 6.07) is 0. The summed E-state index contributed by atoms with van der Waals surface area (Å²) in [5, 5.41) is 9.27. The molecule has 0 amide bonds. The van der Waals surface area contributed by atoms with Crippen molar-refractivity contribution >= 4 is 6.29 Å². The molecule has 0 radical (unpaired) electrons. The number of carbonyl (C=O) groups is 1. The molecule has 0 rings (SSSR count). The van der Waals surface area contributed by atoms with E-state index in [1.54, 1.807) is 0 Å². The fraction of sp³-hybridized carbons (Fsp3) is 0.909. The molecule has 2 heteroatoms. The smallest absolute Gasteiger partial charge is 0.122 e. The molecular formula is C11H22O2. The number of hydrogen-bond acceptors (Lipinski definition) is 2. The monoisotopic (exact) mass is 186 g/mol. The number of hydrogen-bond donors (Lipinski definition) is 1. The first-order chi connectivity index (χ1) is 6.07. The summed E-state index contributed by atoms with van der Waals surface area (Å²) in [4.78, 5) is 10.1. The number of carbonyl (C=O) groups excluding carboxylic acids is 1. The Kier molecular flexibility index (Phi) is 6.87. The number of aldehydes is 1. The first-order valence-corrected chi connectivity index (χ1v) is 5.19. The molecule has 0 aromatic heterocycles. The average molecular weight is 186 g/mol. The van der Waals surface area contributed by atoms with Gasteiger partial charge in [-0.3, -0.25) is 0 Å². The van der Waals surface area contributed by atoms with Crippen molar-refractivity contribution < 1.29 is 9.90 Å². The number of rotatable bonds is 7. The van der Waals surface area contributed by atoms with Crippen molar-refractivity contribution in [1.29, 1.82) is 0 Å². The molecular weight excluding hydrogens is 164 g/mol. The second-order valence-electron chi connectivity index (χ2n) is 4.21. The van der Waals surface area contributed by atoms with E-state index >= 15 is 0 Å². The first kappa shape index (κ1) is 12.6. The van der Waals surface area contributed by atoms with Gasteiger partial charge in [-0.15, -0.1) is 0 Å². The van der Waals surface area contributed by atoms with Crippen molar-refractivity contribution in [3.05, 3.63) is 0 Å². The van der Waals surface area contributed by atoms with E-state index in [-0.39, 0.29) is 6.42 Å². The van der Waals surface area contributed by atoms with E-state index in [0.29, 0.717) is 11.8 Å². The number of aliphatic hydroxyl groups excluding tert-OH is 1. The Morgan fingerprint density at radius 3 is 2.31 bits per heavy atom. The molecule has 78 valence electrons. The van der Waals surface area contributed by atoms with Crippen LogP contribution in [0.3, 0.4) is 0 Å². The topological polar surface area (TPSA) is 37.3 Å². The van der Waals surface area contributed by atoms with E-state index in [1.165, 1.54) is 0 Å². The minimum absolute atomic E-state index is 0.288. The molecule has 0 aliphatic heterocycles. The van der Waals surface area contributed by atoms with Crippen LogP contribution in [0.2, 0.25) is 0 Å². The lowest BCUT2D eigenvalue weighted by Crippen LogP contribution is -2.09. The molecule has 0 aliphatic carbocycles. The molecule has 0 spiro atoms. The zero-order chi connectivity index (χ0) is 10.3. The molecule has 0 aromatic carbocycles. The van der Waals surface area contributed by atoms with Gasteiger partial charge >= 0.3 is 0 Å². The molecule has 2 unspecified atom stereocenters. The molecule has 2 atom stereocenters. The van der Waals surface area contributed by atoms with Crippen molar-refractivity contribution in [1.82, 2.24) is 0 Å². The average Bonchev–Trinajstić information content (AvgIpc) is 2.04. The summed E-state index contributed by atoms with van der Waals surface area (Å²) in [6.07, 6.45) is 3.58. The van der Waals surface area contributed by atoms with E-state index in [9.17, 15) is 9.90 Å². The maximum atomic E-state index is 10.1. The summed E-state index contributed by atoms with van der Waals surface area (Å²) in [7, 11) is 0. The van der Waals surface area contributed by atoms with Crippen LogP contribution in [0.25, 0.3) is 0 Å². The zero-order valence-electron chi connectivity index (χ0n) is 8.99. The third-order valence-corrected chi connectivity index (χ3v) is 2.70. The lowest BCUT2D eigenvalue weighted by Gasteiger charge is -2.15. The van der Waals surface area contributed by atoms with E-state index in [1.807, 2.05) is 0 Å². The highest BCUT2D eigenvalue weighted by Crippen LogP contribution is 2.17. The van der Waals surface area contributed by atoms with Crippen LogP contribution in [0, 0.1) is 11.8 Å². The van der Waals surface area contributed by atoms with E-state index in [0.717, 1.165) is 25.5 Å². The summed E-state index contributed by atoms with van der Waals surface area (Å²) in [5.41, 5.74) is 0. The fourth-order valence-electron chi connectivity index (χ4n) is 1.24. The summed E-state index contributed by atoms with van der Waals surface area (Å²) < 4.78 is 0. The van der Waals surface area contributed by atoms with Gasteiger partial charge in [0.05, 0.1) is 6.10 Å². The van der Waals surface area contributed by atoms with Gasteiger partial charge in [-0.05, 0) is 18.3 Å². The third kappa shape index (κ3) is 6.76. The molecule has 0 aromatic rings. The van der Waals surface area contributed by atoms with Crippen LogP contribution in [-0.2, 0) is 4.79 Å². The maximum Gasteiger partial charge on any atom is 0.122 e. The van der Waals surface area contributed by atoms with Gasteiger partial charge in [-0.2, -0.15) is 0 Å². The Morgan fingerprint density at radius 2 is 1.85 bits per heavy atom. The van der Waals surface area contributed by atoms with Crippen LogP contribution in [-0.4, -0.2) is 17.5 Å². The molecule has 0 saturated carbocycles. The molecule has 2 nitrogen and oxygen atoms in total. The molecule has 13 heavy (non-hydrogen) atoms. The Labute approximate surface area is 81.3 Å². The highest BCUT2D eigenvalue weighted by Gasteiger charge is 2.08. The summed E-state index contributed by atoms with van der Waals surface area (Å²) in [6.45, 7) is 6.66. The standard InChI is InChI=1S/C11H22O2/c1-9(2)10(3)5-4-6-11(13)7-8-12/h8-11,13H,4-7H2,1-3H3. The van der Waals surface area contributed by atoms with Gasteiger partial charge in [0.2, 0.25) is 0 Å². The quantitative estimate of drug-likeness (QED) is 0.620. The van der Waals surface area contributed by atoms with E-state index in [2.05, 4.69) is 20.8 Å². The van der Waals surface area contributed by atoms with Crippen LogP contribution in [0.15, 0.2) is 0 Å². The van der Waals surface area contributed by atoms with Crippen LogP contribution in [0.1, 0.15) is 46.5 Å². The van der Waals surface area contributed by atoms with Crippen molar-refractivity contribution in [2.24, 2.45) is 11.8 Å². The van der Waals surface area contributed by atoms with Gasteiger partial charge in [0.15, 0.2) is 0 Å². The normalized spacial score (nSPS) is 15.8. The summed E-state index contributed by atoms with van der Waals surface area (Å²) >= 11 is 0. The van der Waals surface area contributed by atoms with E-state index < -0.39 is 6.10 Å². The van der Waals surface area contributed by atoms with Crippen molar-refractivity contribution in [2.75, 3.05) is 0 Å². The van der Waals surface area contributed by atoms with Crippen LogP contribution >= 0.6 is 0 Å². The van der Waals surface area contributed by atoms with Crippen molar-refractivity contribution in [3.8, 4) is 0 Å². The minimum atomic E-state index is -0.420. The maximum absolute atomic E-state index is 10.1. The van der Waals surface area contributed by atoms with Gasteiger partial charge in [0, 0.05) is 6.42 Å². The summed E-state index contributed by atoms with van der Waals surface area (Å²) in [5.74, 6) is 1.42. The van der Waals surface area contributed by atoms with Gasteiger partial charge in [-0.1, -0.05) is 33.6 Å². The Hall–Kier alpha value is -0.370. The van der Waals surface area contributed by atoms with Crippen molar-refractivity contribution in [3.63, 3.8) is 0 Å². The van der Waals surface area contributed by atoms with Crippen LogP contribution < -0.4 is 0 Å². The highest BCUT2D eigenvalue weighted by molar-refractivity contribution is 5.49. The molecule has 0 fully saturated rings. The molecule has 0 aliphatic rings. The lowest BCUT2D eigenvalue weighted by molar-refractivity contribution is -0.109. The first-order valence-electron chi connectivity index (χ1n) is 5.19. The van der Waals surface area contributed by atoms with E-state index in [4.69, 9.17) is 0 Å². The highest BCUT2D eigenvalue weighted by atomic mass is 16.3. The minimum Gasteiger partial charge on any atom is -0.393 e. The van der Waals surface area contributed by atoms with Crippen LogP contribution in [0.4, 0.5) is 0 Å². The fourth-order valence-corrected chi connectivity index (χ4v) is 1.24. The van der Waals surface area contributed by atoms with Gasteiger partial charge in [0.25, 0.3) is 0 Å². The Morgan fingerprint density at radius 1 is 1.23 bits per heavy atom. The van der Waals surface area contributed by atoms with Gasteiger partial charge < -0.3 is 9.90 Å². The molecule has 0 bridgehead atoms. The zero-order valence-corrected chi connectivity index (χ0v) is 8.99. The lowest BCUT2D eigenvalue weighted by atomic mass is 9.92. The second kappa shape index (κ2) is 7.07. The van der Waals surface area contributed by atoms with Crippen LogP contribution in [0.5, 0.6) is 0 Å². The van der Waals surface area contributed by atoms with Gasteiger partial charge in [-0.25, -0.2) is 0 Å². The largest absolute Gasteiger partial charge is 0.393 e.